The number of fused-ring (bicyclic) bond motifs is 1. The minimum absolute atomic E-state index is 0.156. The molecule has 0 spiro atoms. The molecule has 4 aromatic rings. The van der Waals surface area contributed by atoms with Crippen molar-refractivity contribution in [1.82, 2.24) is 24.7 Å². The van der Waals surface area contributed by atoms with Crippen LogP contribution in [0.2, 0.25) is 0 Å². The van der Waals surface area contributed by atoms with Crippen LogP contribution >= 0.6 is 11.8 Å². The molecule has 1 aliphatic carbocycles. The summed E-state index contributed by atoms with van der Waals surface area (Å²) in [6, 6.07) is 15.2. The van der Waals surface area contributed by atoms with Crippen molar-refractivity contribution in [3.63, 3.8) is 0 Å². The van der Waals surface area contributed by atoms with E-state index in [0.717, 1.165) is 24.4 Å². The van der Waals surface area contributed by atoms with E-state index >= 15 is 0 Å². The molecule has 3 N–H and O–H groups in total. The molecule has 1 saturated carbocycles. The van der Waals surface area contributed by atoms with Gasteiger partial charge in [0.15, 0.2) is 0 Å². The number of carbonyl (C=O) groups excluding carboxylic acids is 1. The normalized spacial score (nSPS) is 13.7. The molecule has 0 aliphatic heterocycles. The summed E-state index contributed by atoms with van der Waals surface area (Å²) in [7, 11) is 0. The molecule has 0 atom stereocenters. The second-order valence-electron chi connectivity index (χ2n) is 6.95. The molecule has 2 aromatic heterocycles. The Morgan fingerprint density at radius 1 is 1.14 bits per heavy atom. The Morgan fingerprint density at radius 2 is 1.93 bits per heavy atom. The number of thioether (sulfide) groups is 1. The number of hydrogen-bond donors (Lipinski definition) is 3. The van der Waals surface area contributed by atoms with Gasteiger partial charge >= 0.3 is 5.69 Å². The molecule has 1 fully saturated rings. The number of amides is 1. The molecule has 5 rings (SSSR count). The SMILES string of the molecule is O=C(CSc1nc(C2CC2)n(-c2ccccc2)n1)Nc1ccc2[nH]c(=O)[nH]c2c1. The lowest BCUT2D eigenvalue weighted by atomic mass is 10.3. The molecule has 0 radical (unpaired) electrons. The van der Waals surface area contributed by atoms with Crippen LogP contribution in [0.5, 0.6) is 0 Å². The number of imidazole rings is 1. The maximum atomic E-state index is 12.4. The first-order chi connectivity index (χ1) is 14.2. The van der Waals surface area contributed by atoms with E-state index in [2.05, 4.69) is 25.4 Å². The van der Waals surface area contributed by atoms with Crippen LogP contribution < -0.4 is 11.0 Å². The fourth-order valence-electron chi connectivity index (χ4n) is 3.17. The molecule has 9 heteroatoms. The predicted molar refractivity (Wildman–Crippen MR) is 112 cm³/mol. The summed E-state index contributed by atoms with van der Waals surface area (Å²) in [5, 5.41) is 8.05. The van der Waals surface area contributed by atoms with Gasteiger partial charge < -0.3 is 15.3 Å². The summed E-state index contributed by atoms with van der Waals surface area (Å²) in [6.07, 6.45) is 2.25. The van der Waals surface area contributed by atoms with Crippen molar-refractivity contribution in [3.8, 4) is 5.69 Å². The second kappa shape index (κ2) is 7.25. The Bertz CT molecular complexity index is 1240. The van der Waals surface area contributed by atoms with Crippen LogP contribution in [0.4, 0.5) is 5.69 Å². The van der Waals surface area contributed by atoms with Gasteiger partial charge in [-0.05, 0) is 43.2 Å². The third kappa shape index (κ3) is 3.81. The van der Waals surface area contributed by atoms with Gasteiger partial charge in [0.05, 0.1) is 22.5 Å². The highest BCUT2D eigenvalue weighted by atomic mass is 32.2. The average Bonchev–Trinajstić information content (AvgIpc) is 3.37. The highest BCUT2D eigenvalue weighted by molar-refractivity contribution is 7.99. The van der Waals surface area contributed by atoms with Gasteiger partial charge in [-0.3, -0.25) is 4.79 Å². The molecule has 29 heavy (non-hydrogen) atoms. The van der Waals surface area contributed by atoms with Crippen molar-refractivity contribution in [3.05, 3.63) is 64.8 Å². The maximum absolute atomic E-state index is 12.4. The molecule has 2 heterocycles. The van der Waals surface area contributed by atoms with Crippen LogP contribution in [-0.2, 0) is 4.79 Å². The topological polar surface area (TPSA) is 108 Å². The van der Waals surface area contributed by atoms with Gasteiger partial charge in [0.25, 0.3) is 0 Å². The van der Waals surface area contributed by atoms with E-state index in [9.17, 15) is 9.59 Å². The summed E-state index contributed by atoms with van der Waals surface area (Å²) in [6.45, 7) is 0. The number of rotatable bonds is 6. The van der Waals surface area contributed by atoms with Gasteiger partial charge in [0.2, 0.25) is 11.1 Å². The number of benzene rings is 2. The van der Waals surface area contributed by atoms with Crippen molar-refractivity contribution >= 4 is 34.4 Å². The van der Waals surface area contributed by atoms with E-state index in [0.29, 0.717) is 27.8 Å². The lowest BCUT2D eigenvalue weighted by Crippen LogP contribution is -2.14. The fraction of sp³-hybridized carbons (Fsp3) is 0.200. The molecule has 2 aromatic carbocycles. The van der Waals surface area contributed by atoms with E-state index in [1.54, 1.807) is 18.2 Å². The van der Waals surface area contributed by atoms with Crippen molar-refractivity contribution < 1.29 is 4.79 Å². The van der Waals surface area contributed by atoms with Crippen LogP contribution in [0.1, 0.15) is 24.6 Å². The zero-order valence-corrected chi connectivity index (χ0v) is 16.2. The number of aromatic nitrogens is 5. The van der Waals surface area contributed by atoms with E-state index in [-0.39, 0.29) is 17.3 Å². The average molecular weight is 406 g/mol. The summed E-state index contributed by atoms with van der Waals surface area (Å²) in [5.74, 6) is 1.45. The number of para-hydroxylation sites is 1. The molecule has 0 unspecified atom stereocenters. The first-order valence-electron chi connectivity index (χ1n) is 9.33. The van der Waals surface area contributed by atoms with Crippen LogP contribution in [0.15, 0.2) is 58.5 Å². The number of hydrogen-bond acceptors (Lipinski definition) is 5. The van der Waals surface area contributed by atoms with Crippen molar-refractivity contribution in [1.29, 1.82) is 0 Å². The number of nitrogens with one attached hydrogen (secondary N) is 3. The van der Waals surface area contributed by atoms with Crippen molar-refractivity contribution in [2.24, 2.45) is 0 Å². The highest BCUT2D eigenvalue weighted by Gasteiger charge is 2.30. The zero-order valence-electron chi connectivity index (χ0n) is 15.4. The lowest BCUT2D eigenvalue weighted by Gasteiger charge is -2.04. The largest absolute Gasteiger partial charge is 0.325 e. The Kier molecular flexibility index (Phi) is 4.44. The first-order valence-corrected chi connectivity index (χ1v) is 10.3. The van der Waals surface area contributed by atoms with E-state index in [1.807, 2.05) is 35.0 Å². The third-order valence-electron chi connectivity index (χ3n) is 4.69. The molecule has 1 aliphatic rings. The molecular formula is C20H18N6O2S. The Balaban J connectivity index is 1.28. The molecule has 8 nitrogen and oxygen atoms in total. The van der Waals surface area contributed by atoms with Crippen LogP contribution in [-0.4, -0.2) is 36.4 Å². The Labute approximate surface area is 169 Å². The fourth-order valence-corrected chi connectivity index (χ4v) is 3.80. The molecule has 0 saturated heterocycles. The summed E-state index contributed by atoms with van der Waals surface area (Å²) >= 11 is 1.31. The summed E-state index contributed by atoms with van der Waals surface area (Å²) in [5.41, 5.74) is 2.68. The maximum Gasteiger partial charge on any atom is 0.323 e. The third-order valence-corrected chi connectivity index (χ3v) is 5.53. The van der Waals surface area contributed by atoms with E-state index < -0.39 is 0 Å². The molecule has 0 bridgehead atoms. The van der Waals surface area contributed by atoms with Gasteiger partial charge in [-0.15, -0.1) is 5.10 Å². The highest BCUT2D eigenvalue weighted by Crippen LogP contribution is 2.40. The van der Waals surface area contributed by atoms with Crippen molar-refractivity contribution in [2.75, 3.05) is 11.1 Å². The lowest BCUT2D eigenvalue weighted by molar-refractivity contribution is -0.113. The minimum Gasteiger partial charge on any atom is -0.325 e. The first kappa shape index (κ1) is 17.7. The minimum atomic E-state index is -0.273. The standard InChI is InChI=1S/C20H18N6O2S/c27-17(21-13-8-9-15-16(10-13)23-19(28)22-15)11-29-20-24-18(12-6-7-12)26(25-20)14-4-2-1-3-5-14/h1-5,8-10,12H,6-7,11H2,(H,21,27)(H2,22,23,28). The number of carbonyl (C=O) groups is 1. The monoisotopic (exact) mass is 406 g/mol. The smallest absolute Gasteiger partial charge is 0.323 e. The quantitative estimate of drug-likeness (QED) is 0.427. The predicted octanol–water partition coefficient (Wildman–Crippen LogP) is 3.05. The van der Waals surface area contributed by atoms with Crippen LogP contribution in [0, 0.1) is 0 Å². The van der Waals surface area contributed by atoms with Gasteiger partial charge in [-0.25, -0.2) is 14.5 Å². The Hall–Kier alpha value is -3.33. The molecule has 146 valence electrons. The van der Waals surface area contributed by atoms with Gasteiger partial charge in [-0.2, -0.15) is 0 Å². The number of anilines is 1. The van der Waals surface area contributed by atoms with Gasteiger partial charge in [0.1, 0.15) is 5.82 Å². The van der Waals surface area contributed by atoms with Crippen LogP contribution in [0.3, 0.4) is 0 Å². The van der Waals surface area contributed by atoms with E-state index in [1.165, 1.54) is 11.8 Å². The van der Waals surface area contributed by atoms with E-state index in [4.69, 9.17) is 0 Å². The van der Waals surface area contributed by atoms with Gasteiger partial charge in [-0.1, -0.05) is 30.0 Å². The zero-order chi connectivity index (χ0) is 19.8. The summed E-state index contributed by atoms with van der Waals surface area (Å²) < 4.78 is 1.88. The van der Waals surface area contributed by atoms with Crippen molar-refractivity contribution in [2.45, 2.75) is 23.9 Å². The number of aromatic amines is 2. The molecular weight excluding hydrogens is 388 g/mol. The number of H-pyrrole nitrogens is 2. The van der Waals surface area contributed by atoms with Gasteiger partial charge in [0, 0.05) is 11.6 Å². The second-order valence-corrected chi connectivity index (χ2v) is 7.89. The number of nitrogens with zero attached hydrogens (tertiary/aromatic N) is 3. The summed E-state index contributed by atoms with van der Waals surface area (Å²) in [4.78, 5) is 33.7. The van der Waals surface area contributed by atoms with Crippen LogP contribution in [0.25, 0.3) is 16.7 Å². The Morgan fingerprint density at radius 3 is 2.72 bits per heavy atom. The molecule has 1 amide bonds.